The van der Waals surface area contributed by atoms with Crippen molar-refractivity contribution in [3.8, 4) is 0 Å². The highest BCUT2D eigenvalue weighted by Gasteiger charge is 2.12. The van der Waals surface area contributed by atoms with Gasteiger partial charge in [0.15, 0.2) is 5.83 Å². The number of hydrogen-bond acceptors (Lipinski definition) is 2. The molecule has 0 saturated carbocycles. The molecule has 0 spiro atoms. The highest BCUT2D eigenvalue weighted by molar-refractivity contribution is 6.05. The van der Waals surface area contributed by atoms with Gasteiger partial charge in [0.25, 0.3) is 5.91 Å². The number of para-hydroxylation sites is 1. The van der Waals surface area contributed by atoms with Crippen molar-refractivity contribution in [2.24, 2.45) is 0 Å². The first-order valence-electron chi connectivity index (χ1n) is 4.00. The van der Waals surface area contributed by atoms with Gasteiger partial charge in [0, 0.05) is 0 Å². The number of benzene rings is 1. The molecule has 78 valence electrons. The number of carboxylic acid groups (broad SMARTS) is 1. The second-order valence-corrected chi connectivity index (χ2v) is 2.71. The van der Waals surface area contributed by atoms with Crippen molar-refractivity contribution in [2.45, 2.75) is 0 Å². The number of carbonyl (C=O) groups is 2. The Morgan fingerprint density at radius 3 is 2.47 bits per heavy atom. The van der Waals surface area contributed by atoms with Crippen molar-refractivity contribution < 1.29 is 19.1 Å². The summed E-state index contributed by atoms with van der Waals surface area (Å²) in [4.78, 5) is 21.6. The molecule has 0 aromatic heterocycles. The average Bonchev–Trinajstić information content (AvgIpc) is 2.18. The fourth-order valence-electron chi connectivity index (χ4n) is 0.969. The lowest BCUT2D eigenvalue weighted by Gasteiger charge is -2.06. The fraction of sp³-hybridized carbons (Fsp3) is 0. The molecule has 0 aliphatic heterocycles. The summed E-state index contributed by atoms with van der Waals surface area (Å²) in [5.41, 5.74) is -0.0686. The second kappa shape index (κ2) is 4.36. The zero-order chi connectivity index (χ0) is 11.4. The van der Waals surface area contributed by atoms with Crippen LogP contribution in [0.15, 0.2) is 36.7 Å². The van der Waals surface area contributed by atoms with E-state index < -0.39 is 17.7 Å². The minimum Gasteiger partial charge on any atom is -0.478 e. The van der Waals surface area contributed by atoms with Gasteiger partial charge >= 0.3 is 5.97 Å². The van der Waals surface area contributed by atoms with Crippen molar-refractivity contribution in [1.82, 2.24) is 0 Å². The number of hydrogen-bond donors (Lipinski definition) is 2. The number of nitrogens with one attached hydrogen (secondary N) is 1. The zero-order valence-electron chi connectivity index (χ0n) is 7.66. The van der Waals surface area contributed by atoms with E-state index >= 15 is 0 Å². The summed E-state index contributed by atoms with van der Waals surface area (Å²) in [6.07, 6.45) is 0. The van der Waals surface area contributed by atoms with Crippen molar-refractivity contribution >= 4 is 17.6 Å². The van der Waals surface area contributed by atoms with E-state index in [9.17, 15) is 14.0 Å². The van der Waals surface area contributed by atoms with Crippen molar-refractivity contribution in [3.05, 3.63) is 42.2 Å². The molecule has 1 aromatic rings. The van der Waals surface area contributed by atoms with Gasteiger partial charge in [-0.3, -0.25) is 4.79 Å². The number of rotatable bonds is 3. The molecule has 0 atom stereocenters. The Hall–Kier alpha value is -2.17. The molecule has 0 heterocycles. The van der Waals surface area contributed by atoms with E-state index in [1.54, 1.807) is 0 Å². The number of aromatic carboxylic acids is 1. The third-order valence-corrected chi connectivity index (χ3v) is 1.65. The summed E-state index contributed by atoms with van der Waals surface area (Å²) >= 11 is 0. The third kappa shape index (κ3) is 2.63. The molecule has 1 rings (SSSR count). The van der Waals surface area contributed by atoms with Gasteiger partial charge in [-0.05, 0) is 12.1 Å². The quantitative estimate of drug-likeness (QED) is 0.746. The van der Waals surface area contributed by atoms with Crippen LogP contribution < -0.4 is 5.32 Å². The van der Waals surface area contributed by atoms with Gasteiger partial charge in [-0.15, -0.1) is 0 Å². The molecule has 0 fully saturated rings. The lowest BCUT2D eigenvalue weighted by Crippen LogP contribution is -2.14. The maximum atomic E-state index is 12.4. The molecule has 5 heteroatoms. The molecular formula is C10H8FNO3. The Morgan fingerprint density at radius 1 is 1.33 bits per heavy atom. The number of carbonyl (C=O) groups excluding carboxylic acids is 1. The number of carboxylic acids is 1. The first kappa shape index (κ1) is 10.9. The van der Waals surface area contributed by atoms with Crippen LogP contribution in [0.2, 0.25) is 0 Å². The second-order valence-electron chi connectivity index (χ2n) is 2.71. The van der Waals surface area contributed by atoms with Gasteiger partial charge < -0.3 is 10.4 Å². The molecule has 1 amide bonds. The van der Waals surface area contributed by atoms with Gasteiger partial charge in [-0.1, -0.05) is 18.7 Å². The normalized spacial score (nSPS) is 9.40. The zero-order valence-corrected chi connectivity index (χ0v) is 7.66. The summed E-state index contributed by atoms with van der Waals surface area (Å²) in [6, 6.07) is 5.70. The van der Waals surface area contributed by atoms with Gasteiger partial charge in [0.05, 0.1) is 11.3 Å². The van der Waals surface area contributed by atoms with Gasteiger partial charge in [0.2, 0.25) is 0 Å². The summed E-state index contributed by atoms with van der Waals surface area (Å²) in [5, 5.41) is 10.8. The average molecular weight is 209 g/mol. The third-order valence-electron chi connectivity index (χ3n) is 1.65. The standard InChI is InChI=1S/C10H8FNO3/c1-6(11)9(13)12-8-5-3-2-4-7(8)10(14)15/h2-5H,1H2,(H,12,13)(H,14,15). The van der Waals surface area contributed by atoms with Crippen LogP contribution in [0, 0.1) is 0 Å². The van der Waals surface area contributed by atoms with Gasteiger partial charge in [-0.25, -0.2) is 9.18 Å². The number of halogens is 1. The van der Waals surface area contributed by atoms with Gasteiger partial charge in [0.1, 0.15) is 0 Å². The molecule has 0 aliphatic carbocycles. The smallest absolute Gasteiger partial charge is 0.337 e. The van der Waals surface area contributed by atoms with Crippen LogP contribution in [0.25, 0.3) is 0 Å². The molecule has 0 radical (unpaired) electrons. The fourth-order valence-corrected chi connectivity index (χ4v) is 0.969. The molecule has 15 heavy (non-hydrogen) atoms. The first-order valence-corrected chi connectivity index (χ1v) is 4.00. The highest BCUT2D eigenvalue weighted by Crippen LogP contribution is 2.15. The summed E-state index contributed by atoms with van der Waals surface area (Å²) < 4.78 is 12.4. The van der Waals surface area contributed by atoms with E-state index in [2.05, 4.69) is 11.9 Å². The van der Waals surface area contributed by atoms with Crippen LogP contribution in [0.5, 0.6) is 0 Å². The summed E-state index contributed by atoms with van der Waals surface area (Å²) in [6.45, 7) is 2.80. The van der Waals surface area contributed by atoms with Crippen LogP contribution in [-0.2, 0) is 4.79 Å². The van der Waals surface area contributed by atoms with E-state index in [0.717, 1.165) is 0 Å². The molecule has 0 aliphatic rings. The Balaban J connectivity index is 2.99. The molecule has 0 unspecified atom stereocenters. The minimum absolute atomic E-state index is 0.0359. The minimum atomic E-state index is -1.20. The lowest BCUT2D eigenvalue weighted by molar-refractivity contribution is -0.114. The largest absolute Gasteiger partial charge is 0.478 e. The summed E-state index contributed by atoms with van der Waals surface area (Å²) in [5.74, 6) is -3.42. The SMILES string of the molecule is C=C(F)C(=O)Nc1ccccc1C(=O)O. The topological polar surface area (TPSA) is 66.4 Å². The van der Waals surface area contributed by atoms with E-state index in [4.69, 9.17) is 5.11 Å². The molecule has 4 nitrogen and oxygen atoms in total. The van der Waals surface area contributed by atoms with E-state index in [1.807, 2.05) is 0 Å². The Labute approximate surface area is 85.0 Å². The monoisotopic (exact) mass is 209 g/mol. The molecular weight excluding hydrogens is 201 g/mol. The predicted molar refractivity (Wildman–Crippen MR) is 52.3 cm³/mol. The van der Waals surface area contributed by atoms with Crippen LogP contribution in [-0.4, -0.2) is 17.0 Å². The number of anilines is 1. The summed E-state index contributed by atoms with van der Waals surface area (Å²) in [7, 11) is 0. The molecule has 0 saturated heterocycles. The van der Waals surface area contributed by atoms with E-state index in [0.29, 0.717) is 0 Å². The van der Waals surface area contributed by atoms with Crippen LogP contribution in [0.3, 0.4) is 0 Å². The predicted octanol–water partition coefficient (Wildman–Crippen LogP) is 1.81. The van der Waals surface area contributed by atoms with Crippen molar-refractivity contribution in [1.29, 1.82) is 0 Å². The number of amides is 1. The van der Waals surface area contributed by atoms with Gasteiger partial charge in [-0.2, -0.15) is 0 Å². The van der Waals surface area contributed by atoms with E-state index in [-0.39, 0.29) is 11.3 Å². The van der Waals surface area contributed by atoms with Crippen LogP contribution >= 0.6 is 0 Å². The van der Waals surface area contributed by atoms with Crippen molar-refractivity contribution in [2.75, 3.05) is 5.32 Å². The lowest BCUT2D eigenvalue weighted by atomic mass is 10.2. The molecule has 2 N–H and O–H groups in total. The molecule has 0 bridgehead atoms. The maximum Gasteiger partial charge on any atom is 0.337 e. The Kier molecular flexibility index (Phi) is 3.17. The van der Waals surface area contributed by atoms with Crippen LogP contribution in [0.1, 0.15) is 10.4 Å². The van der Waals surface area contributed by atoms with Crippen molar-refractivity contribution in [3.63, 3.8) is 0 Å². The first-order chi connectivity index (χ1) is 7.02. The molecule has 1 aromatic carbocycles. The Bertz CT molecular complexity index is 428. The van der Waals surface area contributed by atoms with E-state index in [1.165, 1.54) is 24.3 Å². The Morgan fingerprint density at radius 2 is 1.93 bits per heavy atom. The maximum absolute atomic E-state index is 12.4. The van der Waals surface area contributed by atoms with Crippen LogP contribution in [0.4, 0.5) is 10.1 Å². The highest BCUT2D eigenvalue weighted by atomic mass is 19.1.